The fourth-order valence-electron chi connectivity index (χ4n) is 3.00. The maximum atomic E-state index is 11.4. The summed E-state index contributed by atoms with van der Waals surface area (Å²) in [5.41, 5.74) is 0.366. The van der Waals surface area contributed by atoms with Crippen LogP contribution in [0.25, 0.3) is 0 Å². The SMILES string of the molecule is CN(C)C(=O)NCCNC1CCCCC1C(C)(C)C. The van der Waals surface area contributed by atoms with Gasteiger partial charge in [0, 0.05) is 33.2 Å². The van der Waals surface area contributed by atoms with Crippen LogP contribution in [0.15, 0.2) is 0 Å². The molecule has 1 rings (SSSR count). The minimum atomic E-state index is -0.0159. The van der Waals surface area contributed by atoms with E-state index in [4.69, 9.17) is 0 Å². The van der Waals surface area contributed by atoms with Gasteiger partial charge in [-0.15, -0.1) is 0 Å². The van der Waals surface area contributed by atoms with E-state index in [0.717, 1.165) is 12.5 Å². The smallest absolute Gasteiger partial charge is 0.316 e. The number of amides is 2. The minimum Gasteiger partial charge on any atom is -0.337 e. The lowest BCUT2D eigenvalue weighted by Crippen LogP contribution is -2.47. The summed E-state index contributed by atoms with van der Waals surface area (Å²) in [5, 5.41) is 6.54. The van der Waals surface area contributed by atoms with Gasteiger partial charge >= 0.3 is 6.03 Å². The summed E-state index contributed by atoms with van der Waals surface area (Å²) in [5.74, 6) is 0.741. The highest BCUT2D eigenvalue weighted by atomic mass is 16.2. The van der Waals surface area contributed by atoms with Crippen LogP contribution in [0, 0.1) is 11.3 Å². The molecular weight excluding hydrogens is 238 g/mol. The van der Waals surface area contributed by atoms with Gasteiger partial charge in [0.25, 0.3) is 0 Å². The quantitative estimate of drug-likeness (QED) is 0.770. The molecule has 1 saturated carbocycles. The standard InChI is InChI=1S/C15H31N3O/c1-15(2,3)12-8-6-7-9-13(12)16-10-11-17-14(19)18(4)5/h12-13,16H,6-11H2,1-5H3,(H,17,19). The Labute approximate surface area is 118 Å². The monoisotopic (exact) mass is 269 g/mol. The van der Waals surface area contributed by atoms with Crippen molar-refractivity contribution in [1.29, 1.82) is 0 Å². The van der Waals surface area contributed by atoms with Gasteiger partial charge in [0.15, 0.2) is 0 Å². The number of hydrogen-bond donors (Lipinski definition) is 2. The largest absolute Gasteiger partial charge is 0.337 e. The number of nitrogens with zero attached hydrogens (tertiary/aromatic N) is 1. The Hall–Kier alpha value is -0.770. The summed E-state index contributed by atoms with van der Waals surface area (Å²) in [4.78, 5) is 13.0. The van der Waals surface area contributed by atoms with Gasteiger partial charge in [0.2, 0.25) is 0 Å². The van der Waals surface area contributed by atoms with Crippen molar-refractivity contribution in [3.05, 3.63) is 0 Å². The van der Waals surface area contributed by atoms with Gasteiger partial charge in [-0.25, -0.2) is 4.79 Å². The van der Waals surface area contributed by atoms with E-state index in [1.54, 1.807) is 19.0 Å². The van der Waals surface area contributed by atoms with Crippen LogP contribution in [0.3, 0.4) is 0 Å². The second-order valence-electron chi connectivity index (χ2n) is 6.94. The molecule has 112 valence electrons. The molecule has 0 aromatic heterocycles. The van der Waals surface area contributed by atoms with E-state index in [9.17, 15) is 4.79 Å². The normalized spacial score (nSPS) is 24.1. The predicted molar refractivity (Wildman–Crippen MR) is 80.3 cm³/mol. The second kappa shape index (κ2) is 7.13. The van der Waals surface area contributed by atoms with Gasteiger partial charge in [-0.2, -0.15) is 0 Å². The van der Waals surface area contributed by atoms with Gasteiger partial charge in [0.05, 0.1) is 0 Å². The molecule has 0 bridgehead atoms. The number of hydrogen-bond acceptors (Lipinski definition) is 2. The van der Waals surface area contributed by atoms with E-state index in [1.807, 2.05) is 0 Å². The molecule has 19 heavy (non-hydrogen) atoms. The van der Waals surface area contributed by atoms with Crippen LogP contribution in [0.4, 0.5) is 4.79 Å². The zero-order valence-corrected chi connectivity index (χ0v) is 13.3. The highest BCUT2D eigenvalue weighted by Crippen LogP contribution is 2.37. The molecule has 1 fully saturated rings. The molecule has 2 amide bonds. The Morgan fingerprint density at radius 2 is 1.79 bits per heavy atom. The Bertz CT molecular complexity index is 284. The minimum absolute atomic E-state index is 0.0159. The molecule has 0 aliphatic heterocycles. The van der Waals surface area contributed by atoms with E-state index in [-0.39, 0.29) is 6.03 Å². The van der Waals surface area contributed by atoms with E-state index in [0.29, 0.717) is 18.0 Å². The first-order valence-corrected chi connectivity index (χ1v) is 7.51. The van der Waals surface area contributed by atoms with Crippen molar-refractivity contribution in [2.45, 2.75) is 52.5 Å². The Kier molecular flexibility index (Phi) is 6.11. The van der Waals surface area contributed by atoms with Gasteiger partial charge in [0.1, 0.15) is 0 Å². The van der Waals surface area contributed by atoms with E-state index in [1.165, 1.54) is 25.7 Å². The maximum Gasteiger partial charge on any atom is 0.316 e. The Morgan fingerprint density at radius 1 is 1.16 bits per heavy atom. The highest BCUT2D eigenvalue weighted by Gasteiger charge is 2.33. The van der Waals surface area contributed by atoms with Crippen molar-refractivity contribution in [3.8, 4) is 0 Å². The lowest BCUT2D eigenvalue weighted by molar-refractivity contribution is 0.131. The summed E-state index contributed by atoms with van der Waals surface area (Å²) in [6.07, 6.45) is 5.28. The number of carbonyl (C=O) groups is 1. The molecule has 0 radical (unpaired) electrons. The second-order valence-corrected chi connectivity index (χ2v) is 6.94. The third-order valence-corrected chi connectivity index (χ3v) is 4.09. The lowest BCUT2D eigenvalue weighted by atomic mass is 9.69. The van der Waals surface area contributed by atoms with E-state index >= 15 is 0 Å². The van der Waals surface area contributed by atoms with Gasteiger partial charge < -0.3 is 15.5 Å². The summed E-state index contributed by atoms with van der Waals surface area (Å²) in [7, 11) is 3.53. The van der Waals surface area contributed by atoms with Crippen molar-refractivity contribution in [1.82, 2.24) is 15.5 Å². The molecule has 2 atom stereocenters. The zero-order valence-electron chi connectivity index (χ0n) is 13.3. The van der Waals surface area contributed by atoms with Crippen molar-refractivity contribution >= 4 is 6.03 Å². The van der Waals surface area contributed by atoms with Crippen molar-refractivity contribution < 1.29 is 4.79 Å². The third kappa shape index (κ3) is 5.39. The van der Waals surface area contributed by atoms with Crippen LogP contribution >= 0.6 is 0 Å². The maximum absolute atomic E-state index is 11.4. The molecule has 0 spiro atoms. The first kappa shape index (κ1) is 16.3. The number of urea groups is 1. The van der Waals surface area contributed by atoms with Gasteiger partial charge in [-0.3, -0.25) is 0 Å². The number of rotatable bonds is 4. The van der Waals surface area contributed by atoms with Crippen molar-refractivity contribution in [3.63, 3.8) is 0 Å². The van der Waals surface area contributed by atoms with E-state index in [2.05, 4.69) is 31.4 Å². The Balaban J connectivity index is 2.32. The predicted octanol–water partition coefficient (Wildman–Crippen LogP) is 2.45. The summed E-state index contributed by atoms with van der Waals surface area (Å²) in [6.45, 7) is 8.57. The molecular formula is C15H31N3O. The fourth-order valence-corrected chi connectivity index (χ4v) is 3.00. The van der Waals surface area contributed by atoms with Crippen LogP contribution < -0.4 is 10.6 Å². The van der Waals surface area contributed by atoms with E-state index < -0.39 is 0 Å². The zero-order chi connectivity index (χ0) is 14.5. The third-order valence-electron chi connectivity index (χ3n) is 4.09. The van der Waals surface area contributed by atoms with Gasteiger partial charge in [-0.1, -0.05) is 33.6 Å². The average Bonchev–Trinajstić information content (AvgIpc) is 2.33. The first-order chi connectivity index (χ1) is 8.82. The molecule has 1 aliphatic rings. The van der Waals surface area contributed by atoms with Crippen LogP contribution in [-0.4, -0.2) is 44.2 Å². The molecule has 4 heteroatoms. The van der Waals surface area contributed by atoms with Crippen LogP contribution in [0.1, 0.15) is 46.5 Å². The molecule has 2 unspecified atom stereocenters. The summed E-state index contributed by atoms with van der Waals surface area (Å²) in [6, 6.07) is 0.586. The van der Waals surface area contributed by atoms with Crippen LogP contribution in [-0.2, 0) is 0 Å². The molecule has 1 aliphatic carbocycles. The van der Waals surface area contributed by atoms with Crippen LogP contribution in [0.5, 0.6) is 0 Å². The average molecular weight is 269 g/mol. The van der Waals surface area contributed by atoms with Crippen LogP contribution in [0.2, 0.25) is 0 Å². The fraction of sp³-hybridized carbons (Fsp3) is 0.933. The molecule has 0 aromatic rings. The molecule has 0 heterocycles. The first-order valence-electron chi connectivity index (χ1n) is 7.51. The molecule has 0 aromatic carbocycles. The number of carbonyl (C=O) groups excluding carboxylic acids is 1. The lowest BCUT2D eigenvalue weighted by Gasteiger charge is -2.41. The Morgan fingerprint density at radius 3 is 2.37 bits per heavy atom. The molecule has 2 N–H and O–H groups in total. The van der Waals surface area contributed by atoms with Crippen molar-refractivity contribution in [2.24, 2.45) is 11.3 Å². The molecule has 4 nitrogen and oxygen atoms in total. The molecule has 0 saturated heterocycles. The number of nitrogens with one attached hydrogen (secondary N) is 2. The van der Waals surface area contributed by atoms with Gasteiger partial charge in [-0.05, 0) is 24.2 Å². The summed E-state index contributed by atoms with van der Waals surface area (Å²) < 4.78 is 0. The van der Waals surface area contributed by atoms with Crippen molar-refractivity contribution in [2.75, 3.05) is 27.2 Å². The summed E-state index contributed by atoms with van der Waals surface area (Å²) >= 11 is 0. The highest BCUT2D eigenvalue weighted by molar-refractivity contribution is 5.73. The topological polar surface area (TPSA) is 44.4 Å².